The molecule has 37 heavy (non-hydrogen) atoms. The first-order valence-corrected chi connectivity index (χ1v) is 14.8. The van der Waals surface area contributed by atoms with E-state index in [1.165, 1.54) is 20.0 Å². The van der Waals surface area contributed by atoms with Gasteiger partial charge >= 0.3 is 6.18 Å². The topological polar surface area (TPSA) is 38.8 Å². The molecule has 10 atom stereocenters. The molecule has 1 aliphatic heterocycles. The van der Waals surface area contributed by atoms with Crippen LogP contribution >= 0.6 is 0 Å². The summed E-state index contributed by atoms with van der Waals surface area (Å²) in [5.41, 5.74) is -1.74. The third-order valence-electron chi connectivity index (χ3n) is 12.8. The highest BCUT2D eigenvalue weighted by atomic mass is 19.4. The fraction of sp³-hybridized carbons (Fsp3) is 0.967. The number of likely N-dealkylation sites (tertiary alicyclic amines) is 1. The molecule has 0 aromatic rings. The monoisotopic (exact) mass is 527 g/mol. The number of nitrogens with zero attached hydrogens (tertiary/aromatic N) is 1. The van der Waals surface area contributed by atoms with E-state index in [0.29, 0.717) is 49.0 Å². The number of carbonyl (C=O) groups excluding carboxylic acids is 1. The van der Waals surface area contributed by atoms with Gasteiger partial charge in [0.05, 0.1) is 6.10 Å². The molecule has 0 N–H and O–H groups in total. The number of ether oxygens (including phenoxy) is 2. The summed E-state index contributed by atoms with van der Waals surface area (Å²) in [5, 5.41) is 0. The van der Waals surface area contributed by atoms with E-state index in [9.17, 15) is 18.0 Å². The Morgan fingerprint density at radius 1 is 1.00 bits per heavy atom. The van der Waals surface area contributed by atoms with E-state index in [1.54, 1.807) is 7.11 Å². The molecule has 0 unspecified atom stereocenters. The molecule has 4 aliphatic carbocycles. The molecule has 5 aliphatic rings. The van der Waals surface area contributed by atoms with E-state index in [1.807, 2.05) is 4.90 Å². The molecule has 0 spiro atoms. The van der Waals surface area contributed by atoms with Crippen LogP contribution in [0.25, 0.3) is 0 Å². The summed E-state index contributed by atoms with van der Waals surface area (Å²) >= 11 is 0. The molecular weight excluding hydrogens is 479 g/mol. The molecule has 0 aromatic heterocycles. The summed E-state index contributed by atoms with van der Waals surface area (Å²) in [7, 11) is 3.04. The zero-order chi connectivity index (χ0) is 26.8. The first-order valence-electron chi connectivity index (χ1n) is 14.8. The van der Waals surface area contributed by atoms with Crippen LogP contribution in [0.3, 0.4) is 0 Å². The van der Waals surface area contributed by atoms with Crippen molar-refractivity contribution in [3.63, 3.8) is 0 Å². The zero-order valence-corrected chi connectivity index (χ0v) is 23.5. The molecule has 0 radical (unpaired) electrons. The second kappa shape index (κ2) is 9.67. The number of carbonyl (C=O) groups is 1. The average Bonchev–Trinajstić information content (AvgIpc) is 3.42. The summed E-state index contributed by atoms with van der Waals surface area (Å²) in [6.45, 7) is 8.69. The standard InChI is InChI=1S/C30H48F3NO3/c1-19(25(36-4)18-34-16-6-7-26(34)35)22-10-11-23-21-9-8-20-17-29(37-5,30(31,32)33)15-14-27(20,2)24(21)12-13-28(22,23)3/h19-25H,6-18H2,1-5H3/t19-,20+,21-,22+,23-,24-,25+,27-,28+,29+/m0/s1. The Bertz CT molecular complexity index is 865. The lowest BCUT2D eigenvalue weighted by Crippen LogP contribution is -2.59. The van der Waals surface area contributed by atoms with Crippen LogP contribution in [-0.4, -0.2) is 56.0 Å². The molecule has 4 nitrogen and oxygen atoms in total. The molecule has 5 fully saturated rings. The van der Waals surface area contributed by atoms with Gasteiger partial charge in [-0.05, 0) is 111 Å². The first-order chi connectivity index (χ1) is 17.4. The highest BCUT2D eigenvalue weighted by molar-refractivity contribution is 5.78. The second-order valence-electron chi connectivity index (χ2n) is 13.9. The molecule has 4 saturated carbocycles. The van der Waals surface area contributed by atoms with Gasteiger partial charge in [-0.15, -0.1) is 0 Å². The number of hydrogen-bond donors (Lipinski definition) is 0. The molecule has 0 bridgehead atoms. The number of alkyl halides is 3. The van der Waals surface area contributed by atoms with Gasteiger partial charge in [0.15, 0.2) is 5.60 Å². The number of methoxy groups -OCH3 is 2. The van der Waals surface area contributed by atoms with Gasteiger partial charge < -0.3 is 14.4 Å². The number of amides is 1. The molecule has 1 heterocycles. The molecule has 1 saturated heterocycles. The third-order valence-corrected chi connectivity index (χ3v) is 12.8. The van der Waals surface area contributed by atoms with E-state index in [4.69, 9.17) is 9.47 Å². The van der Waals surface area contributed by atoms with E-state index >= 15 is 0 Å². The summed E-state index contributed by atoms with van der Waals surface area (Å²) in [6, 6.07) is 0. The predicted molar refractivity (Wildman–Crippen MR) is 137 cm³/mol. The molecule has 0 aromatic carbocycles. The highest BCUT2D eigenvalue weighted by Crippen LogP contribution is 2.69. The Hall–Kier alpha value is -0.820. The van der Waals surface area contributed by atoms with Gasteiger partial charge in [0.2, 0.25) is 5.91 Å². The molecule has 5 rings (SSSR count). The molecule has 212 valence electrons. The maximum absolute atomic E-state index is 14.0. The second-order valence-corrected chi connectivity index (χ2v) is 13.9. The van der Waals surface area contributed by atoms with Crippen LogP contribution in [0.4, 0.5) is 13.2 Å². The quantitative estimate of drug-likeness (QED) is 0.379. The largest absolute Gasteiger partial charge is 0.417 e. The van der Waals surface area contributed by atoms with Gasteiger partial charge in [-0.3, -0.25) is 4.79 Å². The molecule has 7 heteroatoms. The van der Waals surface area contributed by atoms with Crippen molar-refractivity contribution in [1.29, 1.82) is 0 Å². The van der Waals surface area contributed by atoms with Gasteiger partial charge in [0.1, 0.15) is 0 Å². The van der Waals surface area contributed by atoms with Crippen LogP contribution < -0.4 is 0 Å². The highest BCUT2D eigenvalue weighted by Gasteiger charge is 2.66. The maximum atomic E-state index is 14.0. The Kier molecular flexibility index (Phi) is 7.25. The van der Waals surface area contributed by atoms with Gasteiger partial charge in [-0.1, -0.05) is 20.8 Å². The van der Waals surface area contributed by atoms with Crippen LogP contribution in [0.1, 0.15) is 91.4 Å². The van der Waals surface area contributed by atoms with Crippen molar-refractivity contribution < 1.29 is 27.4 Å². The first kappa shape index (κ1) is 27.7. The minimum atomic E-state index is -4.31. The third kappa shape index (κ3) is 4.28. The average molecular weight is 528 g/mol. The molecule has 1 amide bonds. The number of halogens is 3. The predicted octanol–water partition coefficient (Wildman–Crippen LogP) is 6.87. The van der Waals surface area contributed by atoms with E-state index in [0.717, 1.165) is 38.6 Å². The fourth-order valence-electron chi connectivity index (χ4n) is 10.5. The Balaban J connectivity index is 1.31. The summed E-state index contributed by atoms with van der Waals surface area (Å²) in [6.07, 6.45) is 4.83. The summed E-state index contributed by atoms with van der Waals surface area (Å²) in [5.74, 6) is 3.04. The Morgan fingerprint density at radius 2 is 1.73 bits per heavy atom. The lowest BCUT2D eigenvalue weighted by Gasteiger charge is -2.62. The van der Waals surface area contributed by atoms with Gasteiger partial charge in [-0.25, -0.2) is 0 Å². The summed E-state index contributed by atoms with van der Waals surface area (Å²) < 4.78 is 53.4. The minimum Gasteiger partial charge on any atom is -0.379 e. The zero-order valence-electron chi connectivity index (χ0n) is 23.5. The van der Waals surface area contributed by atoms with Gasteiger partial charge in [-0.2, -0.15) is 13.2 Å². The van der Waals surface area contributed by atoms with Crippen LogP contribution in [-0.2, 0) is 14.3 Å². The minimum absolute atomic E-state index is 0.0214. The van der Waals surface area contributed by atoms with E-state index in [2.05, 4.69) is 20.8 Å². The van der Waals surface area contributed by atoms with Crippen molar-refractivity contribution in [1.82, 2.24) is 4.90 Å². The number of fused-ring (bicyclic) bond motifs is 5. The summed E-state index contributed by atoms with van der Waals surface area (Å²) in [4.78, 5) is 14.3. The van der Waals surface area contributed by atoms with Gasteiger partial charge in [0.25, 0.3) is 0 Å². The smallest absolute Gasteiger partial charge is 0.379 e. The Morgan fingerprint density at radius 3 is 2.35 bits per heavy atom. The van der Waals surface area contributed by atoms with Crippen molar-refractivity contribution in [2.24, 2.45) is 46.3 Å². The van der Waals surface area contributed by atoms with Crippen molar-refractivity contribution in [2.45, 2.75) is 109 Å². The van der Waals surface area contributed by atoms with Crippen LogP contribution in [0.5, 0.6) is 0 Å². The number of rotatable bonds is 6. The van der Waals surface area contributed by atoms with Crippen LogP contribution in [0.15, 0.2) is 0 Å². The van der Waals surface area contributed by atoms with Crippen LogP contribution in [0, 0.1) is 46.3 Å². The normalized spacial score (nSPS) is 45.8. The fourth-order valence-corrected chi connectivity index (χ4v) is 10.5. The van der Waals surface area contributed by atoms with E-state index in [-0.39, 0.29) is 41.6 Å². The maximum Gasteiger partial charge on any atom is 0.417 e. The lowest BCUT2D eigenvalue weighted by molar-refractivity contribution is -0.299. The van der Waals surface area contributed by atoms with Crippen molar-refractivity contribution >= 4 is 5.91 Å². The molecular formula is C30H48F3NO3. The lowest BCUT2D eigenvalue weighted by atomic mass is 9.43. The van der Waals surface area contributed by atoms with E-state index < -0.39 is 11.8 Å². The van der Waals surface area contributed by atoms with Gasteiger partial charge in [0, 0.05) is 33.7 Å². The van der Waals surface area contributed by atoms with Crippen molar-refractivity contribution in [2.75, 3.05) is 27.3 Å². The van der Waals surface area contributed by atoms with Crippen molar-refractivity contribution in [3.8, 4) is 0 Å². The number of hydrogen-bond acceptors (Lipinski definition) is 3. The van der Waals surface area contributed by atoms with Crippen LogP contribution in [0.2, 0.25) is 0 Å². The SMILES string of the molecule is CO[C@H](CN1CCCC1=O)[C@@H](C)[C@H]1CC[C@H]2[C@@H]3CC[C@@H]4C[C@@](OC)(C(F)(F)F)CC[C@]4(C)[C@H]3CC[C@]12C. The Labute approximate surface area is 221 Å². The van der Waals surface area contributed by atoms with Crippen molar-refractivity contribution in [3.05, 3.63) is 0 Å².